The standard InChI is InChI=1S/C17H17BrN2O3S2/c1-17(9-23-10-17)8-19-14(21)7-20-15(22)13(25-16(20)24)6-11-2-4-12(18)5-3-11/h2-6H,7-10H2,1H3,(H,19,21)/b13-6-. The van der Waals surface area contributed by atoms with E-state index in [0.29, 0.717) is 29.0 Å². The molecule has 2 amide bonds. The summed E-state index contributed by atoms with van der Waals surface area (Å²) in [4.78, 5) is 26.5. The number of nitrogens with zero attached hydrogens (tertiary/aromatic N) is 1. The second-order valence-electron chi connectivity index (χ2n) is 6.40. The first-order valence-electron chi connectivity index (χ1n) is 7.72. The lowest BCUT2D eigenvalue weighted by molar-refractivity contribution is -0.131. The lowest BCUT2D eigenvalue weighted by atomic mass is 9.89. The first kappa shape index (κ1) is 18.6. The van der Waals surface area contributed by atoms with Crippen molar-refractivity contribution >= 4 is 62.1 Å². The van der Waals surface area contributed by atoms with Crippen molar-refractivity contribution in [2.45, 2.75) is 6.92 Å². The molecule has 0 spiro atoms. The van der Waals surface area contributed by atoms with E-state index in [1.54, 1.807) is 6.08 Å². The van der Waals surface area contributed by atoms with Gasteiger partial charge in [0.05, 0.1) is 18.1 Å². The molecule has 0 unspecified atom stereocenters. The minimum atomic E-state index is -0.230. The number of benzene rings is 1. The summed E-state index contributed by atoms with van der Waals surface area (Å²) in [6, 6.07) is 7.63. The van der Waals surface area contributed by atoms with E-state index >= 15 is 0 Å². The van der Waals surface area contributed by atoms with Gasteiger partial charge in [-0.05, 0) is 23.8 Å². The summed E-state index contributed by atoms with van der Waals surface area (Å²) in [7, 11) is 0. The molecule has 3 rings (SSSR count). The van der Waals surface area contributed by atoms with Crippen molar-refractivity contribution in [1.29, 1.82) is 0 Å². The van der Waals surface area contributed by atoms with E-state index in [1.165, 1.54) is 16.7 Å². The number of hydrogen-bond acceptors (Lipinski definition) is 5. The van der Waals surface area contributed by atoms with Crippen LogP contribution >= 0.6 is 39.9 Å². The van der Waals surface area contributed by atoms with E-state index in [2.05, 4.69) is 28.2 Å². The highest BCUT2D eigenvalue weighted by atomic mass is 79.9. The third-order valence-corrected chi connectivity index (χ3v) is 5.86. The van der Waals surface area contributed by atoms with Crippen LogP contribution < -0.4 is 5.32 Å². The predicted octanol–water partition coefficient (Wildman–Crippen LogP) is 2.80. The smallest absolute Gasteiger partial charge is 0.266 e. The fourth-order valence-corrected chi connectivity index (χ4v) is 3.93. The minimum absolute atomic E-state index is 0.00736. The number of nitrogens with one attached hydrogen (secondary N) is 1. The number of halogens is 1. The van der Waals surface area contributed by atoms with E-state index in [-0.39, 0.29) is 23.8 Å². The third-order valence-electron chi connectivity index (χ3n) is 3.96. The number of thioether (sulfide) groups is 1. The Morgan fingerprint density at radius 3 is 2.72 bits per heavy atom. The lowest BCUT2D eigenvalue weighted by Gasteiger charge is -2.38. The first-order chi connectivity index (χ1) is 11.9. The molecule has 2 heterocycles. The van der Waals surface area contributed by atoms with Crippen LogP contribution in [0.2, 0.25) is 0 Å². The molecule has 1 aromatic rings. The Hall–Kier alpha value is -1.22. The van der Waals surface area contributed by atoms with Crippen molar-refractivity contribution in [1.82, 2.24) is 10.2 Å². The zero-order valence-corrected chi connectivity index (χ0v) is 16.8. The van der Waals surface area contributed by atoms with Crippen molar-refractivity contribution in [3.8, 4) is 0 Å². The molecule has 1 N–H and O–H groups in total. The van der Waals surface area contributed by atoms with Crippen LogP contribution in [0.5, 0.6) is 0 Å². The number of carbonyl (C=O) groups is 2. The van der Waals surface area contributed by atoms with Gasteiger partial charge in [-0.25, -0.2) is 0 Å². The largest absolute Gasteiger partial charge is 0.380 e. The minimum Gasteiger partial charge on any atom is -0.380 e. The van der Waals surface area contributed by atoms with Gasteiger partial charge in [0.1, 0.15) is 10.9 Å². The second-order valence-corrected chi connectivity index (χ2v) is 8.99. The number of hydrogen-bond donors (Lipinski definition) is 1. The van der Waals surface area contributed by atoms with Crippen LogP contribution in [0.25, 0.3) is 6.08 Å². The summed E-state index contributed by atoms with van der Waals surface area (Å²) in [6.07, 6.45) is 1.79. The number of ether oxygens (including phenoxy) is 1. The van der Waals surface area contributed by atoms with Crippen molar-refractivity contribution in [2.75, 3.05) is 26.3 Å². The highest BCUT2D eigenvalue weighted by Crippen LogP contribution is 2.32. The van der Waals surface area contributed by atoms with Crippen LogP contribution in [-0.4, -0.2) is 47.3 Å². The van der Waals surface area contributed by atoms with E-state index < -0.39 is 0 Å². The van der Waals surface area contributed by atoms with Crippen molar-refractivity contribution in [3.63, 3.8) is 0 Å². The van der Waals surface area contributed by atoms with Crippen molar-refractivity contribution < 1.29 is 14.3 Å². The van der Waals surface area contributed by atoms with Gasteiger partial charge in [-0.1, -0.05) is 59.0 Å². The molecule has 0 radical (unpaired) electrons. The normalized spacial score (nSPS) is 20.7. The molecule has 2 aliphatic rings. The Bertz CT molecular complexity index is 745. The SMILES string of the molecule is CC1(CNC(=O)CN2C(=O)/C(=C/c3ccc(Br)cc3)SC2=S)COC1. The maximum Gasteiger partial charge on any atom is 0.266 e. The number of carbonyl (C=O) groups excluding carboxylic acids is 2. The van der Waals surface area contributed by atoms with E-state index in [4.69, 9.17) is 17.0 Å². The van der Waals surface area contributed by atoms with Gasteiger partial charge >= 0.3 is 0 Å². The quantitative estimate of drug-likeness (QED) is 0.563. The molecule has 1 aromatic carbocycles. The van der Waals surface area contributed by atoms with Gasteiger partial charge in [0.15, 0.2) is 0 Å². The highest BCUT2D eigenvalue weighted by molar-refractivity contribution is 9.10. The molecule has 5 nitrogen and oxygen atoms in total. The topological polar surface area (TPSA) is 58.6 Å². The third kappa shape index (κ3) is 4.49. The Kier molecular flexibility index (Phi) is 5.62. The number of thiocarbonyl (C=S) groups is 1. The Morgan fingerprint density at radius 1 is 1.44 bits per heavy atom. The van der Waals surface area contributed by atoms with E-state index in [0.717, 1.165) is 10.0 Å². The van der Waals surface area contributed by atoms with Crippen LogP contribution in [0.4, 0.5) is 0 Å². The van der Waals surface area contributed by atoms with E-state index in [9.17, 15) is 9.59 Å². The fraction of sp³-hybridized carbons (Fsp3) is 0.353. The van der Waals surface area contributed by atoms with Gasteiger partial charge in [0.25, 0.3) is 5.91 Å². The van der Waals surface area contributed by atoms with Gasteiger partial charge in [0, 0.05) is 16.4 Å². The molecule has 0 aromatic heterocycles. The molecule has 0 atom stereocenters. The monoisotopic (exact) mass is 440 g/mol. The molecule has 2 saturated heterocycles. The fourth-order valence-electron chi connectivity index (χ4n) is 2.41. The summed E-state index contributed by atoms with van der Waals surface area (Å²) in [5, 5.41) is 2.86. The highest BCUT2D eigenvalue weighted by Gasteiger charge is 2.36. The van der Waals surface area contributed by atoms with Crippen molar-refractivity contribution in [2.24, 2.45) is 5.41 Å². The first-order valence-corrected chi connectivity index (χ1v) is 9.73. The van der Waals surface area contributed by atoms with Gasteiger partial charge in [-0.2, -0.15) is 0 Å². The van der Waals surface area contributed by atoms with Crippen LogP contribution in [0, 0.1) is 5.41 Å². The van der Waals surface area contributed by atoms with Gasteiger partial charge < -0.3 is 10.1 Å². The average Bonchev–Trinajstić information content (AvgIpc) is 2.81. The van der Waals surface area contributed by atoms with Crippen LogP contribution in [-0.2, 0) is 14.3 Å². The summed E-state index contributed by atoms with van der Waals surface area (Å²) in [5.74, 6) is -0.444. The maximum atomic E-state index is 12.5. The van der Waals surface area contributed by atoms with Crippen LogP contribution in [0.1, 0.15) is 12.5 Å². The molecule has 0 bridgehead atoms. The summed E-state index contributed by atoms with van der Waals surface area (Å²) >= 11 is 9.86. The number of rotatable bonds is 5. The summed E-state index contributed by atoms with van der Waals surface area (Å²) < 4.78 is 6.54. The molecule has 0 saturated carbocycles. The molecule has 132 valence electrons. The molecule has 2 fully saturated rings. The zero-order chi connectivity index (χ0) is 18.0. The summed E-state index contributed by atoms with van der Waals surface area (Å²) in [6.45, 7) is 3.82. The van der Waals surface area contributed by atoms with Crippen molar-refractivity contribution in [3.05, 3.63) is 39.2 Å². The van der Waals surface area contributed by atoms with Gasteiger partial charge in [-0.15, -0.1) is 0 Å². The average molecular weight is 441 g/mol. The van der Waals surface area contributed by atoms with Crippen LogP contribution in [0.3, 0.4) is 0 Å². The zero-order valence-electron chi connectivity index (χ0n) is 13.6. The van der Waals surface area contributed by atoms with Gasteiger partial charge in [0.2, 0.25) is 5.91 Å². The molecular weight excluding hydrogens is 424 g/mol. The van der Waals surface area contributed by atoms with Crippen LogP contribution in [0.15, 0.2) is 33.6 Å². The Morgan fingerprint density at radius 2 is 2.12 bits per heavy atom. The molecule has 8 heteroatoms. The molecule has 2 aliphatic heterocycles. The Labute approximate surface area is 164 Å². The molecule has 0 aliphatic carbocycles. The lowest BCUT2D eigenvalue weighted by Crippen LogP contribution is -2.50. The summed E-state index contributed by atoms with van der Waals surface area (Å²) in [5.41, 5.74) is 0.901. The maximum absolute atomic E-state index is 12.5. The van der Waals surface area contributed by atoms with E-state index in [1.807, 2.05) is 24.3 Å². The molecule has 25 heavy (non-hydrogen) atoms. The molecular formula is C17H17BrN2O3S2. The predicted molar refractivity (Wildman–Crippen MR) is 106 cm³/mol. The van der Waals surface area contributed by atoms with Gasteiger partial charge in [-0.3, -0.25) is 14.5 Å². The second kappa shape index (κ2) is 7.57. The number of amides is 2. The Balaban J connectivity index is 1.60.